The quantitative estimate of drug-likeness (QED) is 0.736. The maximum Gasteiger partial charge on any atom is 0.433 e. The van der Waals surface area contributed by atoms with Crippen LogP contribution >= 0.6 is 0 Å². The van der Waals surface area contributed by atoms with Gasteiger partial charge in [0.15, 0.2) is 0 Å². The summed E-state index contributed by atoms with van der Waals surface area (Å²) < 4.78 is 43.5. The highest BCUT2D eigenvalue weighted by Crippen LogP contribution is 2.30. The number of aromatic nitrogens is 3. The van der Waals surface area contributed by atoms with Crippen molar-refractivity contribution in [2.45, 2.75) is 13.1 Å². The Bertz CT molecular complexity index is 928. The van der Waals surface area contributed by atoms with Crippen molar-refractivity contribution in [2.75, 3.05) is 12.4 Å². The van der Waals surface area contributed by atoms with Crippen LogP contribution in [0.15, 0.2) is 48.8 Å². The Labute approximate surface area is 147 Å². The third kappa shape index (κ3) is 4.08. The van der Waals surface area contributed by atoms with Crippen molar-refractivity contribution in [1.82, 2.24) is 15.0 Å². The Morgan fingerprint density at radius 3 is 2.46 bits per heavy atom. The number of aryl methyl sites for hydroxylation is 1. The predicted octanol–water partition coefficient (Wildman–Crippen LogP) is 4.62. The Balaban J connectivity index is 1.93. The van der Waals surface area contributed by atoms with Crippen LogP contribution in [0.2, 0.25) is 0 Å². The van der Waals surface area contributed by atoms with Gasteiger partial charge in [-0.25, -0.2) is 15.0 Å². The summed E-state index contributed by atoms with van der Waals surface area (Å²) >= 11 is 0. The molecule has 0 amide bonds. The van der Waals surface area contributed by atoms with Crippen LogP contribution < -0.4 is 10.1 Å². The van der Waals surface area contributed by atoms with Crippen molar-refractivity contribution in [1.29, 1.82) is 0 Å². The lowest BCUT2D eigenvalue weighted by atomic mass is 10.0. The van der Waals surface area contributed by atoms with Crippen molar-refractivity contribution in [2.24, 2.45) is 0 Å². The molecule has 0 radical (unpaired) electrons. The molecule has 1 N–H and O–H groups in total. The smallest absolute Gasteiger partial charge is 0.433 e. The molecule has 134 valence electrons. The molecule has 0 atom stereocenters. The molecule has 0 spiro atoms. The molecule has 0 saturated carbocycles. The van der Waals surface area contributed by atoms with E-state index in [0.717, 1.165) is 29.0 Å². The van der Waals surface area contributed by atoms with Gasteiger partial charge in [-0.2, -0.15) is 13.2 Å². The maximum absolute atomic E-state index is 12.8. The van der Waals surface area contributed by atoms with Crippen LogP contribution in [0.5, 0.6) is 5.88 Å². The normalized spacial score (nSPS) is 11.3. The highest BCUT2D eigenvalue weighted by molar-refractivity contribution is 5.71. The summed E-state index contributed by atoms with van der Waals surface area (Å²) in [6, 6.07) is 9.97. The Morgan fingerprint density at radius 2 is 1.73 bits per heavy atom. The molecule has 0 aliphatic rings. The van der Waals surface area contributed by atoms with Crippen LogP contribution in [0.3, 0.4) is 0 Å². The summed E-state index contributed by atoms with van der Waals surface area (Å²) in [6.07, 6.45) is -1.83. The SMILES string of the molecule is COc1cc(-c2cc(C)cc(Nc3nccc(C(F)(F)F)n3)c2)ccn1. The van der Waals surface area contributed by atoms with Crippen molar-refractivity contribution in [3.8, 4) is 17.0 Å². The van der Waals surface area contributed by atoms with Crippen molar-refractivity contribution >= 4 is 11.6 Å². The van der Waals surface area contributed by atoms with Crippen LogP contribution in [-0.4, -0.2) is 22.1 Å². The minimum atomic E-state index is -4.52. The number of halogens is 3. The number of pyridine rings is 1. The lowest BCUT2D eigenvalue weighted by Crippen LogP contribution is -2.10. The van der Waals surface area contributed by atoms with E-state index >= 15 is 0 Å². The molecule has 0 aliphatic heterocycles. The van der Waals surface area contributed by atoms with Gasteiger partial charge in [-0.05, 0) is 47.9 Å². The van der Waals surface area contributed by atoms with Crippen molar-refractivity contribution in [3.63, 3.8) is 0 Å². The highest BCUT2D eigenvalue weighted by Gasteiger charge is 2.32. The van der Waals surface area contributed by atoms with E-state index < -0.39 is 11.9 Å². The fraction of sp³-hybridized carbons (Fsp3) is 0.167. The van der Waals surface area contributed by atoms with Gasteiger partial charge in [0.05, 0.1) is 7.11 Å². The number of methoxy groups -OCH3 is 1. The molecular weight excluding hydrogens is 345 g/mol. The molecular formula is C18H15F3N4O. The zero-order valence-corrected chi connectivity index (χ0v) is 14.0. The van der Waals surface area contributed by atoms with E-state index in [-0.39, 0.29) is 5.95 Å². The minimum absolute atomic E-state index is 0.122. The highest BCUT2D eigenvalue weighted by atomic mass is 19.4. The first-order valence-corrected chi connectivity index (χ1v) is 7.64. The van der Waals surface area contributed by atoms with Crippen LogP contribution in [0.4, 0.5) is 24.8 Å². The molecule has 5 nitrogen and oxygen atoms in total. The lowest BCUT2D eigenvalue weighted by Gasteiger charge is -2.11. The molecule has 1 aromatic carbocycles. The summed E-state index contributed by atoms with van der Waals surface area (Å²) in [4.78, 5) is 11.4. The molecule has 26 heavy (non-hydrogen) atoms. The van der Waals surface area contributed by atoms with E-state index in [1.165, 1.54) is 7.11 Å². The van der Waals surface area contributed by atoms with Crippen molar-refractivity contribution in [3.05, 3.63) is 60.0 Å². The van der Waals surface area contributed by atoms with Crippen LogP contribution in [0.25, 0.3) is 11.1 Å². The summed E-state index contributed by atoms with van der Waals surface area (Å²) in [7, 11) is 1.53. The number of rotatable bonds is 4. The standard InChI is InChI=1S/C18H15F3N4O/c1-11-7-13(12-3-5-22-16(10-12)26-2)9-14(8-11)24-17-23-6-4-15(25-17)18(19,20)21/h3-10H,1-2H3,(H,23,24,25). The van der Waals surface area contributed by atoms with E-state index in [1.54, 1.807) is 24.4 Å². The largest absolute Gasteiger partial charge is 0.481 e. The Kier molecular flexibility index (Phi) is 4.75. The lowest BCUT2D eigenvalue weighted by molar-refractivity contribution is -0.141. The van der Waals surface area contributed by atoms with Gasteiger partial charge in [-0.15, -0.1) is 0 Å². The van der Waals surface area contributed by atoms with Gasteiger partial charge >= 0.3 is 6.18 Å². The second-order valence-electron chi connectivity index (χ2n) is 5.56. The summed E-state index contributed by atoms with van der Waals surface area (Å²) in [5.41, 5.74) is 2.23. The summed E-state index contributed by atoms with van der Waals surface area (Å²) in [6.45, 7) is 1.89. The van der Waals surface area contributed by atoms with E-state index in [0.29, 0.717) is 11.6 Å². The Morgan fingerprint density at radius 1 is 0.962 bits per heavy atom. The average molecular weight is 360 g/mol. The molecule has 3 aromatic rings. The van der Waals surface area contributed by atoms with E-state index in [4.69, 9.17) is 4.74 Å². The topological polar surface area (TPSA) is 59.9 Å². The molecule has 0 aliphatic carbocycles. The second kappa shape index (κ2) is 6.99. The number of nitrogens with zero attached hydrogens (tertiary/aromatic N) is 3. The number of alkyl halides is 3. The molecule has 0 unspecified atom stereocenters. The molecule has 2 aromatic heterocycles. The molecule has 8 heteroatoms. The van der Waals surface area contributed by atoms with Gasteiger partial charge in [0.1, 0.15) is 5.69 Å². The van der Waals surface area contributed by atoms with Gasteiger partial charge < -0.3 is 10.1 Å². The van der Waals surface area contributed by atoms with Crippen LogP contribution in [0.1, 0.15) is 11.3 Å². The molecule has 2 heterocycles. The first-order chi connectivity index (χ1) is 12.3. The number of hydrogen-bond acceptors (Lipinski definition) is 5. The fourth-order valence-electron chi connectivity index (χ4n) is 2.43. The van der Waals surface area contributed by atoms with Gasteiger partial charge in [-0.1, -0.05) is 6.07 Å². The van der Waals surface area contributed by atoms with E-state index in [2.05, 4.69) is 20.3 Å². The molecule has 0 bridgehead atoms. The molecule has 3 rings (SSSR count). The first-order valence-electron chi connectivity index (χ1n) is 7.64. The number of hydrogen-bond donors (Lipinski definition) is 1. The number of benzene rings is 1. The summed E-state index contributed by atoms with van der Waals surface area (Å²) in [5, 5.41) is 2.83. The third-order valence-electron chi connectivity index (χ3n) is 3.56. The van der Waals surface area contributed by atoms with Crippen LogP contribution in [0, 0.1) is 6.92 Å². The number of nitrogens with one attached hydrogen (secondary N) is 1. The maximum atomic E-state index is 12.8. The average Bonchev–Trinajstić information content (AvgIpc) is 2.61. The van der Waals surface area contributed by atoms with Crippen LogP contribution in [-0.2, 0) is 6.18 Å². The number of ether oxygens (including phenoxy) is 1. The van der Waals surface area contributed by atoms with E-state index in [1.807, 2.05) is 19.1 Å². The first kappa shape index (κ1) is 17.7. The minimum Gasteiger partial charge on any atom is -0.481 e. The zero-order chi connectivity index (χ0) is 18.7. The fourth-order valence-corrected chi connectivity index (χ4v) is 2.43. The predicted molar refractivity (Wildman–Crippen MR) is 91.3 cm³/mol. The third-order valence-corrected chi connectivity index (χ3v) is 3.56. The number of anilines is 2. The second-order valence-corrected chi connectivity index (χ2v) is 5.56. The van der Waals surface area contributed by atoms with Gasteiger partial charge in [0.2, 0.25) is 11.8 Å². The Hall–Kier alpha value is -3.16. The van der Waals surface area contributed by atoms with Gasteiger partial charge in [0.25, 0.3) is 0 Å². The van der Waals surface area contributed by atoms with Gasteiger partial charge in [0, 0.05) is 24.1 Å². The molecule has 0 saturated heterocycles. The summed E-state index contributed by atoms with van der Waals surface area (Å²) in [5.74, 6) is 0.350. The van der Waals surface area contributed by atoms with Crippen molar-refractivity contribution < 1.29 is 17.9 Å². The van der Waals surface area contributed by atoms with E-state index in [9.17, 15) is 13.2 Å². The van der Waals surface area contributed by atoms with Gasteiger partial charge in [-0.3, -0.25) is 0 Å². The zero-order valence-electron chi connectivity index (χ0n) is 14.0. The monoisotopic (exact) mass is 360 g/mol. The molecule has 0 fully saturated rings.